The second-order valence-corrected chi connectivity index (χ2v) is 6.81. The number of benzene rings is 1. The van der Waals surface area contributed by atoms with E-state index < -0.39 is 28.7 Å². The summed E-state index contributed by atoms with van der Waals surface area (Å²) >= 11 is 0. The van der Waals surface area contributed by atoms with Crippen molar-refractivity contribution in [3.8, 4) is 0 Å². The molecule has 30 heavy (non-hydrogen) atoms. The molecule has 0 aliphatic heterocycles. The van der Waals surface area contributed by atoms with Gasteiger partial charge in [-0.2, -0.15) is 0 Å². The lowest BCUT2D eigenvalue weighted by molar-refractivity contribution is -0.384. The van der Waals surface area contributed by atoms with Gasteiger partial charge in [-0.15, -0.1) is 0 Å². The van der Waals surface area contributed by atoms with Gasteiger partial charge in [0.25, 0.3) is 17.5 Å². The molecular weight excluding hydrogens is 394 g/mol. The second kappa shape index (κ2) is 10.0. The topological polar surface area (TPSA) is 155 Å². The first-order chi connectivity index (χ1) is 14.2. The monoisotopic (exact) mass is 414 g/mol. The van der Waals surface area contributed by atoms with Crippen molar-refractivity contribution < 1.29 is 28.8 Å². The van der Waals surface area contributed by atoms with E-state index in [4.69, 9.17) is 4.42 Å². The summed E-state index contributed by atoms with van der Waals surface area (Å²) in [5, 5.41) is 26.8. The second-order valence-electron chi connectivity index (χ2n) is 6.81. The number of hydrogen-bond donors (Lipinski definition) is 2. The van der Waals surface area contributed by atoms with Crippen LogP contribution in [0.5, 0.6) is 0 Å². The molecule has 1 aromatic carbocycles. The Morgan fingerprint density at radius 3 is 2.33 bits per heavy atom. The summed E-state index contributed by atoms with van der Waals surface area (Å²) in [4.78, 5) is 46.6. The lowest BCUT2D eigenvalue weighted by Crippen LogP contribution is -2.50. The number of carboxylic acids is 1. The first-order valence-corrected chi connectivity index (χ1v) is 9.00. The molecule has 0 bridgehead atoms. The molecule has 10 nitrogen and oxygen atoms in total. The summed E-state index contributed by atoms with van der Waals surface area (Å²) in [5.74, 6) is -3.13. The number of rotatable bonds is 9. The maximum atomic E-state index is 12.7. The summed E-state index contributed by atoms with van der Waals surface area (Å²) in [6.45, 7) is 3.57. The van der Waals surface area contributed by atoms with Gasteiger partial charge < -0.3 is 25.0 Å². The molecule has 0 aliphatic rings. The zero-order valence-electron chi connectivity index (χ0n) is 16.3. The van der Waals surface area contributed by atoms with Crippen molar-refractivity contribution in [1.82, 2.24) is 10.6 Å². The molecule has 0 saturated carbocycles. The molecule has 1 heterocycles. The zero-order valence-corrected chi connectivity index (χ0v) is 16.3. The highest BCUT2D eigenvalue weighted by Gasteiger charge is 2.21. The average Bonchev–Trinajstić information content (AvgIpc) is 3.21. The minimum atomic E-state index is -1.45. The van der Waals surface area contributed by atoms with Gasteiger partial charge in [0.15, 0.2) is 5.76 Å². The normalized spacial score (nSPS) is 12.3. The molecule has 1 aromatic heterocycles. The van der Waals surface area contributed by atoms with Gasteiger partial charge >= 0.3 is 0 Å². The molecule has 0 saturated heterocycles. The van der Waals surface area contributed by atoms with E-state index in [0.717, 1.165) is 0 Å². The quantitative estimate of drug-likeness (QED) is 0.355. The van der Waals surface area contributed by atoms with Gasteiger partial charge in [-0.1, -0.05) is 13.8 Å². The Kier molecular flexibility index (Phi) is 7.45. The van der Waals surface area contributed by atoms with E-state index in [-0.39, 0.29) is 29.5 Å². The van der Waals surface area contributed by atoms with Gasteiger partial charge in [-0.3, -0.25) is 19.7 Å². The highest BCUT2D eigenvalue weighted by molar-refractivity contribution is 6.05. The van der Waals surface area contributed by atoms with Crippen LogP contribution in [0.3, 0.4) is 0 Å². The molecule has 0 unspecified atom stereocenters. The van der Waals surface area contributed by atoms with Gasteiger partial charge in [0.05, 0.1) is 23.2 Å². The predicted octanol–water partition coefficient (Wildman–Crippen LogP) is 1.24. The fourth-order valence-electron chi connectivity index (χ4n) is 2.53. The Morgan fingerprint density at radius 1 is 1.17 bits per heavy atom. The van der Waals surface area contributed by atoms with Crippen LogP contribution in [0.2, 0.25) is 0 Å². The number of carboxylic acid groups (broad SMARTS) is 1. The Hall–Kier alpha value is -3.95. The van der Waals surface area contributed by atoms with Crippen LogP contribution in [0.1, 0.15) is 36.4 Å². The molecule has 0 spiro atoms. The third-order valence-corrected chi connectivity index (χ3v) is 3.95. The highest BCUT2D eigenvalue weighted by Crippen LogP contribution is 2.15. The van der Waals surface area contributed by atoms with Crippen LogP contribution >= 0.6 is 0 Å². The molecule has 10 heteroatoms. The Morgan fingerprint density at radius 2 is 1.83 bits per heavy atom. The van der Waals surface area contributed by atoms with Crippen LogP contribution in [0.15, 0.2) is 52.8 Å². The molecule has 0 fully saturated rings. The number of nitrogens with one attached hydrogen (secondary N) is 2. The number of aliphatic carboxylic acids is 1. The number of amides is 2. The summed E-state index contributed by atoms with van der Waals surface area (Å²) in [6.07, 6.45) is 2.68. The lowest BCUT2D eigenvalue weighted by atomic mass is 10.0. The van der Waals surface area contributed by atoms with Gasteiger partial charge in [0, 0.05) is 12.1 Å². The van der Waals surface area contributed by atoms with Crippen molar-refractivity contribution in [1.29, 1.82) is 0 Å². The number of nitro groups is 1. The maximum Gasteiger partial charge on any atom is 0.291 e. The number of carbonyl (C=O) groups excluding carboxylic acids is 3. The van der Waals surface area contributed by atoms with E-state index in [1.807, 2.05) is 0 Å². The van der Waals surface area contributed by atoms with Crippen molar-refractivity contribution in [2.24, 2.45) is 5.92 Å². The first kappa shape index (κ1) is 22.3. The smallest absolute Gasteiger partial charge is 0.291 e. The van der Waals surface area contributed by atoms with Crippen molar-refractivity contribution >= 4 is 29.5 Å². The van der Waals surface area contributed by atoms with E-state index in [2.05, 4.69) is 10.6 Å². The molecule has 158 valence electrons. The largest absolute Gasteiger partial charge is 0.548 e. The number of furan rings is 1. The highest BCUT2D eigenvalue weighted by atomic mass is 16.6. The van der Waals surface area contributed by atoms with Crippen LogP contribution in [0.25, 0.3) is 6.08 Å². The fraction of sp³-hybridized carbons (Fsp3) is 0.250. The van der Waals surface area contributed by atoms with E-state index in [0.29, 0.717) is 5.56 Å². The number of nitrogens with zero attached hydrogens (tertiary/aromatic N) is 1. The minimum Gasteiger partial charge on any atom is -0.548 e. The fourth-order valence-corrected chi connectivity index (χ4v) is 2.53. The minimum absolute atomic E-state index is 0.0342. The van der Waals surface area contributed by atoms with Crippen LogP contribution < -0.4 is 15.7 Å². The Bertz CT molecular complexity index is 947. The third kappa shape index (κ3) is 6.30. The molecule has 2 N–H and O–H groups in total. The van der Waals surface area contributed by atoms with Gasteiger partial charge in [0.2, 0.25) is 0 Å². The third-order valence-electron chi connectivity index (χ3n) is 3.95. The number of nitro benzene ring substituents is 1. The summed E-state index contributed by atoms with van der Waals surface area (Å²) in [5.41, 5.74) is -0.0358. The Balaban J connectivity index is 2.31. The van der Waals surface area contributed by atoms with E-state index in [1.165, 1.54) is 48.7 Å². The zero-order chi connectivity index (χ0) is 22.3. The summed E-state index contributed by atoms with van der Waals surface area (Å²) in [6, 6.07) is 6.85. The van der Waals surface area contributed by atoms with Crippen molar-refractivity contribution in [3.05, 3.63) is 69.8 Å². The van der Waals surface area contributed by atoms with Crippen LogP contribution in [0, 0.1) is 16.0 Å². The van der Waals surface area contributed by atoms with Crippen LogP contribution in [0.4, 0.5) is 5.69 Å². The average molecular weight is 414 g/mol. The SMILES string of the molecule is CC(C)C[C@H](NC(=O)/C(=C/c1ccc([N+](=O)[O-])cc1)NC(=O)c1ccco1)C(=O)[O-]. The molecule has 0 aliphatic carbocycles. The van der Waals surface area contributed by atoms with E-state index >= 15 is 0 Å². The number of carbonyl (C=O) groups is 3. The predicted molar refractivity (Wildman–Crippen MR) is 104 cm³/mol. The molecule has 1 atom stereocenters. The molecule has 2 amide bonds. The molecular formula is C20H20N3O7-. The van der Waals surface area contributed by atoms with Crippen molar-refractivity contribution in [3.63, 3.8) is 0 Å². The summed E-state index contributed by atoms with van der Waals surface area (Å²) < 4.78 is 4.99. The first-order valence-electron chi connectivity index (χ1n) is 9.00. The lowest BCUT2D eigenvalue weighted by Gasteiger charge is -2.22. The van der Waals surface area contributed by atoms with Crippen molar-refractivity contribution in [2.75, 3.05) is 0 Å². The van der Waals surface area contributed by atoms with Gasteiger partial charge in [-0.05, 0) is 48.2 Å². The maximum absolute atomic E-state index is 12.7. The Labute approximate surface area is 171 Å². The van der Waals surface area contributed by atoms with Crippen LogP contribution in [-0.4, -0.2) is 28.7 Å². The van der Waals surface area contributed by atoms with E-state index in [9.17, 15) is 29.6 Å². The van der Waals surface area contributed by atoms with Crippen LogP contribution in [-0.2, 0) is 9.59 Å². The molecule has 2 aromatic rings. The van der Waals surface area contributed by atoms with Crippen molar-refractivity contribution in [2.45, 2.75) is 26.3 Å². The number of non-ortho nitro benzene ring substituents is 1. The standard InChI is InChI=1S/C20H21N3O7/c1-12(2)10-16(20(26)27)22-18(24)15(21-19(25)17-4-3-9-30-17)11-13-5-7-14(8-6-13)23(28)29/h3-9,11-12,16H,10H2,1-2H3,(H,21,25)(H,22,24)(H,26,27)/p-1/b15-11-/t16-/m0/s1. The van der Waals surface area contributed by atoms with E-state index in [1.54, 1.807) is 13.8 Å². The molecule has 2 rings (SSSR count). The number of hydrogen-bond acceptors (Lipinski definition) is 7. The summed E-state index contributed by atoms with van der Waals surface area (Å²) in [7, 11) is 0. The van der Waals surface area contributed by atoms with Gasteiger partial charge in [0.1, 0.15) is 5.70 Å². The van der Waals surface area contributed by atoms with Gasteiger partial charge in [-0.25, -0.2) is 0 Å². The molecule has 0 radical (unpaired) electrons.